The fourth-order valence-electron chi connectivity index (χ4n) is 1.78. The molecule has 1 aromatic carbocycles. The highest BCUT2D eigenvalue weighted by Gasteiger charge is 2.21. The highest BCUT2D eigenvalue weighted by Crippen LogP contribution is 2.27. The first-order chi connectivity index (χ1) is 7.65. The standard InChI is InChI=1S/C13H17BrFN/c1-9(16-8-10-2-3-10)6-11-4-5-12(14)13(15)7-11/h4-5,7,9-10,16H,2-3,6,8H2,1H3. The third kappa shape index (κ3) is 3.56. The van der Waals surface area contributed by atoms with Gasteiger partial charge in [0.05, 0.1) is 4.47 Å². The average Bonchev–Trinajstić information content (AvgIpc) is 3.04. The molecule has 0 bridgehead atoms. The molecule has 88 valence electrons. The van der Waals surface area contributed by atoms with E-state index in [0.717, 1.165) is 24.4 Å². The largest absolute Gasteiger partial charge is 0.314 e. The third-order valence-electron chi connectivity index (χ3n) is 2.98. The van der Waals surface area contributed by atoms with Crippen LogP contribution in [0.25, 0.3) is 0 Å². The second-order valence-corrected chi connectivity index (χ2v) is 5.56. The van der Waals surface area contributed by atoms with Gasteiger partial charge in [-0.05, 0) is 72.3 Å². The Labute approximate surface area is 105 Å². The van der Waals surface area contributed by atoms with Crippen LogP contribution in [0.4, 0.5) is 4.39 Å². The lowest BCUT2D eigenvalue weighted by Gasteiger charge is -2.13. The molecule has 0 aliphatic heterocycles. The molecule has 1 saturated carbocycles. The van der Waals surface area contributed by atoms with E-state index in [4.69, 9.17) is 0 Å². The molecule has 16 heavy (non-hydrogen) atoms. The number of halogens is 2. The summed E-state index contributed by atoms with van der Waals surface area (Å²) in [5.74, 6) is 0.719. The molecule has 1 N–H and O–H groups in total. The summed E-state index contributed by atoms with van der Waals surface area (Å²) < 4.78 is 13.8. The van der Waals surface area contributed by atoms with Crippen LogP contribution in [0.2, 0.25) is 0 Å². The van der Waals surface area contributed by atoms with E-state index in [0.29, 0.717) is 10.5 Å². The summed E-state index contributed by atoms with van der Waals surface area (Å²) in [5, 5.41) is 3.49. The predicted molar refractivity (Wildman–Crippen MR) is 68.0 cm³/mol. The molecule has 2 rings (SSSR count). The molecular weight excluding hydrogens is 269 g/mol. The van der Waals surface area contributed by atoms with Gasteiger partial charge in [0.1, 0.15) is 5.82 Å². The molecule has 1 aromatic rings. The summed E-state index contributed by atoms with van der Waals surface area (Å²) >= 11 is 3.16. The van der Waals surface area contributed by atoms with E-state index in [1.807, 2.05) is 6.07 Å². The maximum absolute atomic E-state index is 13.3. The summed E-state index contributed by atoms with van der Waals surface area (Å²) in [7, 11) is 0. The molecule has 0 heterocycles. The Morgan fingerprint density at radius 1 is 1.50 bits per heavy atom. The van der Waals surface area contributed by atoms with Crippen molar-refractivity contribution in [2.45, 2.75) is 32.2 Å². The third-order valence-corrected chi connectivity index (χ3v) is 3.62. The van der Waals surface area contributed by atoms with Crippen molar-refractivity contribution in [3.63, 3.8) is 0 Å². The van der Waals surface area contributed by atoms with Crippen molar-refractivity contribution in [1.29, 1.82) is 0 Å². The van der Waals surface area contributed by atoms with Crippen LogP contribution in [0.5, 0.6) is 0 Å². The highest BCUT2D eigenvalue weighted by molar-refractivity contribution is 9.10. The summed E-state index contributed by atoms with van der Waals surface area (Å²) in [6, 6.07) is 5.78. The van der Waals surface area contributed by atoms with Gasteiger partial charge in [0.15, 0.2) is 0 Å². The zero-order valence-corrected chi connectivity index (χ0v) is 11.1. The summed E-state index contributed by atoms with van der Waals surface area (Å²) in [6.45, 7) is 3.27. The van der Waals surface area contributed by atoms with Gasteiger partial charge < -0.3 is 5.32 Å². The molecule has 0 amide bonds. The number of rotatable bonds is 5. The summed E-state index contributed by atoms with van der Waals surface area (Å²) in [6.07, 6.45) is 3.62. The van der Waals surface area contributed by atoms with E-state index in [2.05, 4.69) is 28.2 Å². The van der Waals surface area contributed by atoms with Gasteiger partial charge in [-0.15, -0.1) is 0 Å². The first-order valence-corrected chi connectivity index (χ1v) is 6.62. The Morgan fingerprint density at radius 3 is 2.88 bits per heavy atom. The number of nitrogens with one attached hydrogen (secondary N) is 1. The molecule has 1 nitrogen and oxygen atoms in total. The van der Waals surface area contributed by atoms with Crippen molar-refractivity contribution in [3.05, 3.63) is 34.1 Å². The smallest absolute Gasteiger partial charge is 0.137 e. The Balaban J connectivity index is 1.84. The Kier molecular flexibility index (Phi) is 3.98. The molecule has 0 aromatic heterocycles. The van der Waals surface area contributed by atoms with Crippen LogP contribution >= 0.6 is 15.9 Å². The minimum absolute atomic E-state index is 0.174. The maximum atomic E-state index is 13.3. The molecular formula is C13H17BrFN. The lowest BCUT2D eigenvalue weighted by molar-refractivity contribution is 0.524. The number of benzene rings is 1. The average molecular weight is 286 g/mol. The van der Waals surface area contributed by atoms with E-state index in [9.17, 15) is 4.39 Å². The van der Waals surface area contributed by atoms with Gasteiger partial charge in [-0.1, -0.05) is 6.07 Å². The van der Waals surface area contributed by atoms with Gasteiger partial charge in [0, 0.05) is 6.04 Å². The van der Waals surface area contributed by atoms with Gasteiger partial charge in [0.2, 0.25) is 0 Å². The zero-order valence-electron chi connectivity index (χ0n) is 9.47. The van der Waals surface area contributed by atoms with E-state index >= 15 is 0 Å². The number of hydrogen-bond donors (Lipinski definition) is 1. The van der Waals surface area contributed by atoms with Crippen LogP contribution in [0.3, 0.4) is 0 Å². The Bertz CT molecular complexity index is 363. The van der Waals surface area contributed by atoms with Crippen molar-refractivity contribution in [3.8, 4) is 0 Å². The number of hydrogen-bond acceptors (Lipinski definition) is 1. The van der Waals surface area contributed by atoms with Crippen molar-refractivity contribution in [2.24, 2.45) is 5.92 Å². The lowest BCUT2D eigenvalue weighted by Crippen LogP contribution is -2.29. The van der Waals surface area contributed by atoms with Crippen LogP contribution < -0.4 is 5.32 Å². The van der Waals surface area contributed by atoms with Crippen LogP contribution in [0.15, 0.2) is 22.7 Å². The Hall–Kier alpha value is -0.410. The molecule has 1 aliphatic rings. The zero-order chi connectivity index (χ0) is 11.5. The van der Waals surface area contributed by atoms with E-state index in [1.165, 1.54) is 12.8 Å². The monoisotopic (exact) mass is 285 g/mol. The van der Waals surface area contributed by atoms with Crippen LogP contribution in [-0.4, -0.2) is 12.6 Å². The first-order valence-electron chi connectivity index (χ1n) is 5.82. The minimum atomic E-state index is -0.174. The predicted octanol–water partition coefficient (Wildman–Crippen LogP) is 3.52. The quantitative estimate of drug-likeness (QED) is 0.873. The molecule has 1 unspecified atom stereocenters. The molecule has 0 spiro atoms. The summed E-state index contributed by atoms with van der Waals surface area (Å²) in [5.41, 5.74) is 1.05. The fraction of sp³-hybridized carbons (Fsp3) is 0.538. The topological polar surface area (TPSA) is 12.0 Å². The van der Waals surface area contributed by atoms with Gasteiger partial charge in [-0.25, -0.2) is 4.39 Å². The lowest BCUT2D eigenvalue weighted by atomic mass is 10.1. The molecule has 1 fully saturated rings. The molecule has 3 heteroatoms. The molecule has 0 radical (unpaired) electrons. The van der Waals surface area contributed by atoms with Crippen molar-refractivity contribution >= 4 is 15.9 Å². The van der Waals surface area contributed by atoms with Gasteiger partial charge in [-0.3, -0.25) is 0 Å². The fourth-order valence-corrected chi connectivity index (χ4v) is 2.03. The highest BCUT2D eigenvalue weighted by atomic mass is 79.9. The molecule has 1 atom stereocenters. The van der Waals surface area contributed by atoms with Crippen LogP contribution in [0.1, 0.15) is 25.3 Å². The second-order valence-electron chi connectivity index (χ2n) is 4.71. The van der Waals surface area contributed by atoms with Crippen molar-refractivity contribution in [1.82, 2.24) is 5.32 Å². The molecule has 0 saturated heterocycles. The van der Waals surface area contributed by atoms with Crippen molar-refractivity contribution in [2.75, 3.05) is 6.54 Å². The second kappa shape index (κ2) is 5.28. The van der Waals surface area contributed by atoms with Crippen molar-refractivity contribution < 1.29 is 4.39 Å². The van der Waals surface area contributed by atoms with Crippen LogP contribution in [0, 0.1) is 11.7 Å². The van der Waals surface area contributed by atoms with Gasteiger partial charge in [-0.2, -0.15) is 0 Å². The van der Waals surface area contributed by atoms with Gasteiger partial charge >= 0.3 is 0 Å². The van der Waals surface area contributed by atoms with Crippen LogP contribution in [-0.2, 0) is 6.42 Å². The SMILES string of the molecule is CC(Cc1ccc(Br)c(F)c1)NCC1CC1. The minimum Gasteiger partial charge on any atom is -0.314 e. The van der Waals surface area contributed by atoms with E-state index < -0.39 is 0 Å². The Morgan fingerprint density at radius 2 is 2.25 bits per heavy atom. The molecule has 1 aliphatic carbocycles. The normalized spacial score (nSPS) is 17.4. The maximum Gasteiger partial charge on any atom is 0.137 e. The first kappa shape index (κ1) is 12.1. The van der Waals surface area contributed by atoms with E-state index in [1.54, 1.807) is 12.1 Å². The van der Waals surface area contributed by atoms with E-state index in [-0.39, 0.29) is 5.82 Å². The summed E-state index contributed by atoms with van der Waals surface area (Å²) in [4.78, 5) is 0. The van der Waals surface area contributed by atoms with Gasteiger partial charge in [0.25, 0.3) is 0 Å².